The third-order valence-electron chi connectivity index (χ3n) is 4.92. The number of nitrogens with zero attached hydrogens (tertiary/aromatic N) is 2. The van der Waals surface area contributed by atoms with Gasteiger partial charge in [0.2, 0.25) is 11.7 Å². The fourth-order valence-electron chi connectivity index (χ4n) is 3.65. The number of hydrogen-bond donors (Lipinski definition) is 1. The van der Waals surface area contributed by atoms with E-state index in [1.807, 2.05) is 47.0 Å². The highest BCUT2D eigenvalue weighted by Gasteiger charge is 2.34. The van der Waals surface area contributed by atoms with Gasteiger partial charge in [-0.15, -0.1) is 0 Å². The third-order valence-corrected chi connectivity index (χ3v) is 4.92. The van der Waals surface area contributed by atoms with Crippen molar-refractivity contribution in [2.24, 2.45) is 0 Å². The quantitative estimate of drug-likeness (QED) is 0.736. The van der Waals surface area contributed by atoms with Gasteiger partial charge in [-0.25, -0.2) is 4.98 Å². The first kappa shape index (κ1) is 17.9. The summed E-state index contributed by atoms with van der Waals surface area (Å²) in [6, 6.07) is 13.5. The van der Waals surface area contributed by atoms with E-state index < -0.39 is 0 Å². The minimum absolute atomic E-state index is 0.0768. The monoisotopic (exact) mass is 379 g/mol. The van der Waals surface area contributed by atoms with E-state index >= 15 is 0 Å². The highest BCUT2D eigenvalue weighted by atomic mass is 16.5. The van der Waals surface area contributed by atoms with Crippen molar-refractivity contribution in [3.8, 4) is 22.9 Å². The Kier molecular flexibility index (Phi) is 4.65. The van der Waals surface area contributed by atoms with Gasteiger partial charge < -0.3 is 19.5 Å². The molecule has 144 valence electrons. The summed E-state index contributed by atoms with van der Waals surface area (Å²) >= 11 is 0. The Morgan fingerprint density at radius 1 is 1.00 bits per heavy atom. The number of rotatable bonds is 5. The molecule has 0 aliphatic carbocycles. The average molecular weight is 379 g/mol. The molecule has 28 heavy (non-hydrogen) atoms. The number of nitrogens with one attached hydrogen (secondary N) is 1. The van der Waals surface area contributed by atoms with Crippen LogP contribution in [0.2, 0.25) is 0 Å². The molecular formula is C21H21N3O4. The van der Waals surface area contributed by atoms with Crippen molar-refractivity contribution in [2.45, 2.75) is 12.3 Å². The first-order valence-electron chi connectivity index (χ1n) is 8.89. The lowest BCUT2D eigenvalue weighted by atomic mass is 9.88. The molecule has 1 atom stereocenters. The number of amides is 1. The molecule has 2 heterocycles. The molecule has 2 aromatic carbocycles. The van der Waals surface area contributed by atoms with E-state index in [0.29, 0.717) is 23.1 Å². The number of carbonyl (C=O) groups is 1. The lowest BCUT2D eigenvalue weighted by Crippen LogP contribution is -2.25. The van der Waals surface area contributed by atoms with Gasteiger partial charge >= 0.3 is 0 Å². The molecule has 7 nitrogen and oxygen atoms in total. The number of anilines is 1. The van der Waals surface area contributed by atoms with Gasteiger partial charge in [0.1, 0.15) is 12.1 Å². The van der Waals surface area contributed by atoms with Crippen LogP contribution in [-0.2, 0) is 4.79 Å². The van der Waals surface area contributed by atoms with Crippen LogP contribution >= 0.6 is 0 Å². The Balaban J connectivity index is 1.86. The van der Waals surface area contributed by atoms with E-state index in [9.17, 15) is 4.79 Å². The summed E-state index contributed by atoms with van der Waals surface area (Å²) < 4.78 is 18.4. The number of fused-ring (bicyclic) bond motifs is 1. The van der Waals surface area contributed by atoms with Gasteiger partial charge in [-0.1, -0.05) is 24.3 Å². The standard InChI is InChI=1S/C21H21N3O4/c1-26-16-10-9-14(19(27-2)20(16)28-3)15-11-17(25)23-21-18(15)22-12-24(21)13-7-5-4-6-8-13/h4-10,12,15H,11H2,1-3H3,(H,23,25)/t15-/m0/s1. The second-order valence-electron chi connectivity index (χ2n) is 6.41. The Bertz CT molecular complexity index is 1010. The van der Waals surface area contributed by atoms with E-state index in [4.69, 9.17) is 14.2 Å². The number of benzene rings is 2. The van der Waals surface area contributed by atoms with Crippen LogP contribution in [0.5, 0.6) is 17.2 Å². The Hall–Kier alpha value is -3.48. The van der Waals surface area contributed by atoms with Crippen LogP contribution in [0.25, 0.3) is 5.69 Å². The van der Waals surface area contributed by atoms with Crippen molar-refractivity contribution in [1.82, 2.24) is 9.55 Å². The van der Waals surface area contributed by atoms with E-state index in [2.05, 4.69) is 10.3 Å². The lowest BCUT2D eigenvalue weighted by molar-refractivity contribution is -0.116. The molecule has 4 rings (SSSR count). The molecule has 1 aromatic heterocycles. The van der Waals surface area contributed by atoms with Crippen molar-refractivity contribution < 1.29 is 19.0 Å². The molecule has 0 radical (unpaired) electrons. The molecule has 1 aliphatic rings. The summed E-state index contributed by atoms with van der Waals surface area (Å²) in [5.74, 6) is 1.94. The second-order valence-corrected chi connectivity index (χ2v) is 6.41. The molecule has 3 aromatic rings. The summed E-state index contributed by atoms with van der Waals surface area (Å²) in [7, 11) is 4.71. The minimum Gasteiger partial charge on any atom is -0.493 e. The Morgan fingerprint density at radius 3 is 2.43 bits per heavy atom. The van der Waals surface area contributed by atoms with Crippen LogP contribution in [0, 0.1) is 0 Å². The predicted molar refractivity (Wildman–Crippen MR) is 105 cm³/mol. The maximum absolute atomic E-state index is 12.5. The highest BCUT2D eigenvalue weighted by Crippen LogP contribution is 2.47. The van der Waals surface area contributed by atoms with Crippen LogP contribution in [0.15, 0.2) is 48.8 Å². The predicted octanol–water partition coefficient (Wildman–Crippen LogP) is 3.37. The summed E-state index contributed by atoms with van der Waals surface area (Å²) in [6.45, 7) is 0. The van der Waals surface area contributed by atoms with Crippen molar-refractivity contribution in [2.75, 3.05) is 26.6 Å². The number of hydrogen-bond acceptors (Lipinski definition) is 5. The fourth-order valence-corrected chi connectivity index (χ4v) is 3.65. The van der Waals surface area contributed by atoms with Crippen molar-refractivity contribution >= 4 is 11.7 Å². The van der Waals surface area contributed by atoms with Gasteiger partial charge in [0.05, 0.1) is 27.0 Å². The number of carbonyl (C=O) groups excluding carboxylic acids is 1. The molecule has 0 fully saturated rings. The summed E-state index contributed by atoms with van der Waals surface area (Å²) in [4.78, 5) is 17.1. The third kappa shape index (κ3) is 2.85. The Morgan fingerprint density at radius 2 is 1.75 bits per heavy atom. The van der Waals surface area contributed by atoms with Crippen LogP contribution in [0.4, 0.5) is 5.82 Å². The van der Waals surface area contributed by atoms with Crippen LogP contribution in [0.3, 0.4) is 0 Å². The maximum atomic E-state index is 12.5. The largest absolute Gasteiger partial charge is 0.493 e. The van der Waals surface area contributed by atoms with Crippen molar-refractivity contribution in [3.05, 3.63) is 60.0 Å². The number of methoxy groups -OCH3 is 3. The molecule has 1 aliphatic heterocycles. The highest BCUT2D eigenvalue weighted by molar-refractivity contribution is 5.94. The van der Waals surface area contributed by atoms with Crippen LogP contribution in [-0.4, -0.2) is 36.8 Å². The number of ether oxygens (including phenoxy) is 3. The number of aromatic nitrogens is 2. The maximum Gasteiger partial charge on any atom is 0.226 e. The zero-order valence-electron chi connectivity index (χ0n) is 15.9. The smallest absolute Gasteiger partial charge is 0.226 e. The molecular weight excluding hydrogens is 358 g/mol. The normalized spacial score (nSPS) is 15.5. The van der Waals surface area contributed by atoms with Crippen LogP contribution in [0.1, 0.15) is 23.6 Å². The Labute approximate surface area is 162 Å². The molecule has 0 spiro atoms. The zero-order valence-corrected chi connectivity index (χ0v) is 15.9. The van der Waals surface area contributed by atoms with E-state index in [1.54, 1.807) is 27.7 Å². The summed E-state index contributed by atoms with van der Waals surface area (Å²) in [6.07, 6.45) is 2.00. The molecule has 1 N–H and O–H groups in total. The number of imidazole rings is 1. The molecule has 0 bridgehead atoms. The number of para-hydroxylation sites is 1. The van der Waals surface area contributed by atoms with Crippen molar-refractivity contribution in [1.29, 1.82) is 0 Å². The fraction of sp³-hybridized carbons (Fsp3) is 0.238. The molecule has 1 amide bonds. The molecule has 0 saturated heterocycles. The van der Waals surface area contributed by atoms with E-state index in [1.165, 1.54) is 0 Å². The average Bonchev–Trinajstić information content (AvgIpc) is 3.16. The summed E-state index contributed by atoms with van der Waals surface area (Å²) in [5, 5.41) is 2.96. The van der Waals surface area contributed by atoms with Crippen molar-refractivity contribution in [3.63, 3.8) is 0 Å². The second kappa shape index (κ2) is 7.26. The van der Waals surface area contributed by atoms with Crippen LogP contribution < -0.4 is 19.5 Å². The van der Waals surface area contributed by atoms with Gasteiger partial charge in [0, 0.05) is 23.6 Å². The lowest BCUT2D eigenvalue weighted by Gasteiger charge is -2.25. The molecule has 0 saturated carbocycles. The molecule has 7 heteroatoms. The topological polar surface area (TPSA) is 74.6 Å². The van der Waals surface area contributed by atoms with E-state index in [0.717, 1.165) is 16.9 Å². The summed E-state index contributed by atoms with van der Waals surface area (Å²) in [5.41, 5.74) is 2.54. The van der Waals surface area contributed by atoms with E-state index in [-0.39, 0.29) is 18.2 Å². The molecule has 0 unspecified atom stereocenters. The first-order chi connectivity index (χ1) is 13.7. The van der Waals surface area contributed by atoms with Gasteiger partial charge in [0.25, 0.3) is 0 Å². The SMILES string of the molecule is COc1ccc([C@@H]2CC(=O)Nc3c2ncn3-c2ccccc2)c(OC)c1OC. The van der Waals surface area contributed by atoms with Gasteiger partial charge in [0.15, 0.2) is 11.5 Å². The first-order valence-corrected chi connectivity index (χ1v) is 8.89. The zero-order chi connectivity index (χ0) is 19.7. The van der Waals surface area contributed by atoms with Gasteiger partial charge in [-0.3, -0.25) is 9.36 Å². The van der Waals surface area contributed by atoms with Gasteiger partial charge in [-0.05, 0) is 18.2 Å². The minimum atomic E-state index is -0.261. The van der Waals surface area contributed by atoms with Gasteiger partial charge in [-0.2, -0.15) is 0 Å².